The minimum Gasteiger partial charge on any atom is -0.386 e. The van der Waals surface area contributed by atoms with Gasteiger partial charge < -0.3 is 20.2 Å². The summed E-state index contributed by atoms with van der Waals surface area (Å²) in [5.41, 5.74) is 3.03. The number of nitrogens with zero attached hydrogens (tertiary/aromatic N) is 7. The van der Waals surface area contributed by atoms with Gasteiger partial charge in [-0.3, -0.25) is 4.79 Å². The summed E-state index contributed by atoms with van der Waals surface area (Å²) >= 11 is 2.69. The molecule has 1 saturated carbocycles. The number of pyridine rings is 1. The lowest BCUT2D eigenvalue weighted by atomic mass is 10.2. The van der Waals surface area contributed by atoms with Crippen LogP contribution < -0.4 is 10.2 Å². The van der Waals surface area contributed by atoms with Crippen LogP contribution in [0, 0.1) is 18.8 Å². The SMILES string of the molecule is Cc1nc(C(C)O)sc1-c1csc(Nc2ccc(C(=O)N3C4=C5C6C3C6N(c3ncc(C(F)F)cn3)C54)c(F)n2)n1. The van der Waals surface area contributed by atoms with E-state index in [0.717, 1.165) is 34.2 Å². The molecule has 15 heteroatoms. The maximum Gasteiger partial charge on any atom is 0.266 e. The van der Waals surface area contributed by atoms with Crippen molar-refractivity contribution < 1.29 is 23.1 Å². The minimum absolute atomic E-state index is 0.0382. The van der Waals surface area contributed by atoms with Gasteiger partial charge >= 0.3 is 0 Å². The van der Waals surface area contributed by atoms with Crippen molar-refractivity contribution in [3.63, 3.8) is 0 Å². The monoisotopic (exact) mass is 596 g/mol. The van der Waals surface area contributed by atoms with Crippen molar-refractivity contribution in [2.24, 2.45) is 5.92 Å². The van der Waals surface area contributed by atoms with Crippen LogP contribution in [0.25, 0.3) is 10.6 Å². The van der Waals surface area contributed by atoms with E-state index < -0.39 is 24.4 Å². The molecule has 4 aliphatic rings. The number of aliphatic hydroxyl groups is 1. The number of hydrogen-bond donors (Lipinski definition) is 2. The number of aliphatic hydroxyl groups excluding tert-OH is 1. The molecule has 0 bridgehead atoms. The van der Waals surface area contributed by atoms with Crippen molar-refractivity contribution in [1.29, 1.82) is 0 Å². The molecular formula is C26H19F3N8O2S2. The van der Waals surface area contributed by atoms with Gasteiger partial charge in [-0.15, -0.1) is 22.7 Å². The van der Waals surface area contributed by atoms with Crippen molar-refractivity contribution in [2.75, 3.05) is 10.2 Å². The van der Waals surface area contributed by atoms with Gasteiger partial charge in [-0.2, -0.15) is 4.39 Å². The van der Waals surface area contributed by atoms with Crippen LogP contribution in [0.1, 0.15) is 46.1 Å². The number of piperazine rings is 1. The molecule has 0 aromatic carbocycles. The highest BCUT2D eigenvalue weighted by molar-refractivity contribution is 7.17. The lowest BCUT2D eigenvalue weighted by molar-refractivity contribution is 0.0783. The molecule has 4 aromatic rings. The zero-order chi connectivity index (χ0) is 28.3. The van der Waals surface area contributed by atoms with Crippen molar-refractivity contribution >= 4 is 45.5 Å². The first-order valence-electron chi connectivity index (χ1n) is 12.7. The Kier molecular flexibility index (Phi) is 5.16. The molecule has 1 saturated heterocycles. The second-order valence-corrected chi connectivity index (χ2v) is 12.2. The van der Waals surface area contributed by atoms with E-state index in [2.05, 4.69) is 30.2 Å². The number of alkyl halides is 2. The molecule has 5 atom stereocenters. The zero-order valence-electron chi connectivity index (χ0n) is 21.3. The number of fused-ring (bicyclic) bond motifs is 2. The van der Waals surface area contributed by atoms with Crippen LogP contribution in [0.4, 0.5) is 30.1 Å². The van der Waals surface area contributed by atoms with E-state index in [1.54, 1.807) is 11.8 Å². The molecule has 1 amide bonds. The highest BCUT2D eigenvalue weighted by Gasteiger charge is 2.81. The van der Waals surface area contributed by atoms with Crippen LogP contribution in [0.5, 0.6) is 0 Å². The van der Waals surface area contributed by atoms with Crippen molar-refractivity contribution in [3.8, 4) is 10.6 Å². The van der Waals surface area contributed by atoms with Crippen molar-refractivity contribution in [2.45, 2.75) is 44.5 Å². The van der Waals surface area contributed by atoms with Gasteiger partial charge in [0.2, 0.25) is 11.9 Å². The number of aryl methyl sites for hydroxylation is 1. The van der Waals surface area contributed by atoms with Gasteiger partial charge in [0.25, 0.3) is 12.3 Å². The predicted octanol–water partition coefficient (Wildman–Crippen LogP) is 4.61. The molecule has 6 heterocycles. The van der Waals surface area contributed by atoms with E-state index in [9.17, 15) is 18.7 Å². The first-order valence-corrected chi connectivity index (χ1v) is 14.4. The third kappa shape index (κ3) is 3.58. The Morgan fingerprint density at radius 3 is 2.54 bits per heavy atom. The average molecular weight is 597 g/mol. The molecular weight excluding hydrogens is 577 g/mol. The number of anilines is 3. The third-order valence-electron chi connectivity index (χ3n) is 7.81. The number of hydrogen-bond acceptors (Lipinski definition) is 11. The first-order chi connectivity index (χ1) is 19.7. The number of carbonyl (C=O) groups is 1. The number of piperidine rings is 2. The summed E-state index contributed by atoms with van der Waals surface area (Å²) in [4.78, 5) is 39.0. The molecule has 10 nitrogen and oxygen atoms in total. The van der Waals surface area contributed by atoms with Crippen molar-refractivity contribution in [3.05, 3.63) is 69.0 Å². The van der Waals surface area contributed by atoms with Gasteiger partial charge in [-0.05, 0) is 31.6 Å². The number of aromatic nitrogens is 5. The molecule has 5 unspecified atom stereocenters. The number of nitrogens with one attached hydrogen (secondary N) is 1. The Bertz CT molecular complexity index is 1790. The Balaban J connectivity index is 0.968. The predicted molar refractivity (Wildman–Crippen MR) is 144 cm³/mol. The molecule has 4 aromatic heterocycles. The fraction of sp³-hybridized carbons (Fsp3) is 0.308. The van der Waals surface area contributed by atoms with Gasteiger partial charge in [-0.1, -0.05) is 0 Å². The topological polar surface area (TPSA) is 120 Å². The summed E-state index contributed by atoms with van der Waals surface area (Å²) in [5, 5.41) is 15.7. The lowest BCUT2D eigenvalue weighted by Crippen LogP contribution is -2.46. The fourth-order valence-corrected chi connectivity index (χ4v) is 7.74. The Labute approximate surface area is 238 Å². The van der Waals surface area contributed by atoms with Crippen LogP contribution in [-0.4, -0.2) is 59.0 Å². The maximum absolute atomic E-state index is 15.1. The van der Waals surface area contributed by atoms with Crippen LogP contribution in [0.15, 0.2) is 41.2 Å². The van der Waals surface area contributed by atoms with Gasteiger partial charge in [0.15, 0.2) is 5.13 Å². The second kappa shape index (κ2) is 8.53. The normalized spacial score (nSPS) is 23.9. The summed E-state index contributed by atoms with van der Waals surface area (Å²) in [5.74, 6) is -0.629. The fourth-order valence-electron chi connectivity index (χ4n) is 5.99. The van der Waals surface area contributed by atoms with Gasteiger partial charge in [0.1, 0.15) is 16.9 Å². The summed E-state index contributed by atoms with van der Waals surface area (Å²) in [6, 6.07) is 2.62. The van der Waals surface area contributed by atoms with Crippen LogP contribution in [-0.2, 0) is 0 Å². The maximum atomic E-state index is 15.1. The standard InChI is InChI=1S/C26H19F3N8O2S2/c1-8-20(41-23(32-8)9(2)38)12-7-40-26(33-12)35-13-4-3-11(22(29)34-13)24(39)36-16-14-15-17(36)19(15)37(18(14)16)25-30-5-10(6-31-25)21(27)28/h3-7,9,14,16,18-19,21,38H,1-2H3,(H,33,34,35). The van der Waals surface area contributed by atoms with E-state index in [-0.39, 0.29) is 41.0 Å². The number of rotatable bonds is 7. The van der Waals surface area contributed by atoms with E-state index in [1.807, 2.05) is 17.2 Å². The molecule has 41 heavy (non-hydrogen) atoms. The van der Waals surface area contributed by atoms with E-state index >= 15 is 4.39 Å². The Hall–Kier alpha value is -3.95. The second-order valence-electron chi connectivity index (χ2n) is 10.3. The molecule has 0 spiro atoms. The van der Waals surface area contributed by atoms with Crippen LogP contribution in [0.2, 0.25) is 0 Å². The highest BCUT2D eigenvalue weighted by Crippen LogP contribution is 2.72. The van der Waals surface area contributed by atoms with Gasteiger partial charge in [-0.25, -0.2) is 33.7 Å². The molecule has 8 rings (SSSR count). The lowest BCUT2D eigenvalue weighted by Gasteiger charge is -2.33. The van der Waals surface area contributed by atoms with Gasteiger partial charge in [0, 0.05) is 23.7 Å². The average Bonchev–Trinajstić information content (AvgIpc) is 3.55. The zero-order valence-corrected chi connectivity index (χ0v) is 22.9. The number of likely N-dealkylation sites (tertiary alicyclic amines) is 1. The molecule has 208 valence electrons. The smallest absolute Gasteiger partial charge is 0.266 e. The molecule has 2 fully saturated rings. The van der Waals surface area contributed by atoms with E-state index in [1.165, 1.54) is 34.8 Å². The van der Waals surface area contributed by atoms with E-state index in [0.29, 0.717) is 21.8 Å². The number of thiazole rings is 2. The Morgan fingerprint density at radius 2 is 1.93 bits per heavy atom. The molecule has 2 aliphatic heterocycles. The van der Waals surface area contributed by atoms with Crippen LogP contribution in [0.3, 0.4) is 0 Å². The van der Waals surface area contributed by atoms with Crippen molar-refractivity contribution in [1.82, 2.24) is 29.8 Å². The third-order valence-corrected chi connectivity index (χ3v) is 9.92. The first kappa shape index (κ1) is 24.8. The summed E-state index contributed by atoms with van der Waals surface area (Å²) < 4.78 is 40.9. The van der Waals surface area contributed by atoms with Gasteiger partial charge in [0.05, 0.1) is 51.2 Å². The quantitative estimate of drug-likeness (QED) is 0.295. The Morgan fingerprint density at radius 1 is 1.15 bits per heavy atom. The summed E-state index contributed by atoms with van der Waals surface area (Å²) in [7, 11) is 0. The largest absolute Gasteiger partial charge is 0.386 e. The minimum atomic E-state index is -2.64. The molecule has 2 N–H and O–H groups in total. The summed E-state index contributed by atoms with van der Waals surface area (Å²) in [6.45, 7) is 3.51. The number of halogens is 3. The number of amides is 1. The molecule has 2 aliphatic carbocycles. The number of carbonyl (C=O) groups excluding carboxylic acids is 1. The van der Waals surface area contributed by atoms with E-state index in [4.69, 9.17) is 0 Å². The summed E-state index contributed by atoms with van der Waals surface area (Å²) in [6.07, 6.45) is -1.06. The molecule has 0 radical (unpaired) electrons. The van der Waals surface area contributed by atoms with Crippen LogP contribution >= 0.6 is 22.7 Å². The highest BCUT2D eigenvalue weighted by atomic mass is 32.1.